The minimum absolute atomic E-state index is 0.000177. The smallest absolute Gasteiger partial charge is 0.305 e. The highest BCUT2D eigenvalue weighted by Crippen LogP contribution is 2.26. The van der Waals surface area contributed by atoms with Crippen molar-refractivity contribution in [3.8, 4) is 5.75 Å². The first-order valence-electron chi connectivity index (χ1n) is 5.65. The first-order chi connectivity index (χ1) is 9.77. The molecule has 0 amide bonds. The van der Waals surface area contributed by atoms with E-state index in [1.165, 1.54) is 7.05 Å². The first-order valence-corrected chi connectivity index (χ1v) is 5.65. The fourth-order valence-corrected chi connectivity index (χ4v) is 1.47. The van der Waals surface area contributed by atoms with Gasteiger partial charge in [0.1, 0.15) is 6.61 Å². The van der Waals surface area contributed by atoms with Crippen LogP contribution in [-0.2, 0) is 9.59 Å². The summed E-state index contributed by atoms with van der Waals surface area (Å²) in [7, 11) is 1.30. The van der Waals surface area contributed by atoms with Crippen LogP contribution in [0.3, 0.4) is 0 Å². The van der Waals surface area contributed by atoms with Crippen molar-refractivity contribution in [2.45, 2.75) is 12.5 Å². The summed E-state index contributed by atoms with van der Waals surface area (Å²) in [5.41, 5.74) is 0. The third-order valence-corrected chi connectivity index (χ3v) is 2.55. The van der Waals surface area contributed by atoms with Gasteiger partial charge in [0.2, 0.25) is 11.6 Å². The van der Waals surface area contributed by atoms with E-state index >= 15 is 0 Å². The number of benzene rings is 1. The summed E-state index contributed by atoms with van der Waals surface area (Å²) in [6, 6.07) is -1.16. The number of likely N-dealkylation sites (N-methyl/N-ethyl adjacent to an activating group) is 1. The number of carbonyl (C=O) groups excluding carboxylic acids is 1. The van der Waals surface area contributed by atoms with Gasteiger partial charge in [-0.05, 0) is 7.05 Å². The van der Waals surface area contributed by atoms with Crippen LogP contribution in [0.15, 0.2) is 6.07 Å². The van der Waals surface area contributed by atoms with Crippen molar-refractivity contribution in [3.05, 3.63) is 29.3 Å². The van der Waals surface area contributed by atoms with Gasteiger partial charge in [-0.3, -0.25) is 9.59 Å². The molecule has 1 aromatic rings. The van der Waals surface area contributed by atoms with E-state index in [1.54, 1.807) is 0 Å². The number of hydrogen-bond acceptors (Lipinski definition) is 4. The normalized spacial score (nSPS) is 12.0. The van der Waals surface area contributed by atoms with Gasteiger partial charge in [0.25, 0.3) is 0 Å². The SMILES string of the molecule is CNC(CC(=O)O)C(=O)COc1c(F)c(F)cc(F)c1F. The standard InChI is InChI=1S/C12H11F4NO4/c1-17-7(3-9(19)20)8(18)4-21-12-10(15)5(13)2-6(14)11(12)16/h2,7,17H,3-4H2,1H3,(H,19,20). The summed E-state index contributed by atoms with van der Waals surface area (Å²) in [6.45, 7) is -0.949. The number of Topliss-reactive ketones (excluding diaryl/α,β-unsaturated/α-hetero) is 1. The van der Waals surface area contributed by atoms with Crippen molar-refractivity contribution >= 4 is 11.8 Å². The Balaban J connectivity index is 2.84. The minimum Gasteiger partial charge on any atom is -0.481 e. The largest absolute Gasteiger partial charge is 0.481 e. The number of ether oxygens (including phenoxy) is 1. The molecular formula is C12H11F4NO4. The zero-order valence-electron chi connectivity index (χ0n) is 10.8. The minimum atomic E-state index is -1.78. The second-order valence-electron chi connectivity index (χ2n) is 3.99. The molecule has 0 heterocycles. The van der Waals surface area contributed by atoms with E-state index in [2.05, 4.69) is 10.1 Å². The topological polar surface area (TPSA) is 75.6 Å². The highest BCUT2D eigenvalue weighted by molar-refractivity contribution is 5.89. The number of nitrogens with one attached hydrogen (secondary N) is 1. The Hall–Kier alpha value is -2.16. The molecule has 0 aromatic heterocycles. The van der Waals surface area contributed by atoms with Crippen molar-refractivity contribution in [1.29, 1.82) is 0 Å². The summed E-state index contributed by atoms with van der Waals surface area (Å²) in [5, 5.41) is 10.9. The molecular weight excluding hydrogens is 298 g/mol. The lowest BCUT2D eigenvalue weighted by molar-refractivity contribution is -0.139. The quantitative estimate of drug-likeness (QED) is 0.586. The zero-order valence-corrected chi connectivity index (χ0v) is 10.8. The van der Waals surface area contributed by atoms with Crippen molar-refractivity contribution in [3.63, 3.8) is 0 Å². The Kier molecular flexibility index (Phi) is 5.65. The molecule has 2 N–H and O–H groups in total. The molecule has 0 bridgehead atoms. The second kappa shape index (κ2) is 7.02. The number of carboxylic acids is 1. The molecule has 0 radical (unpaired) electrons. The van der Waals surface area contributed by atoms with Crippen LogP contribution in [0.4, 0.5) is 17.6 Å². The average Bonchev–Trinajstić information content (AvgIpc) is 2.42. The molecule has 1 rings (SSSR count). The number of carboxylic acid groups (broad SMARTS) is 1. The van der Waals surface area contributed by atoms with Gasteiger partial charge >= 0.3 is 5.97 Å². The molecule has 1 atom stereocenters. The average molecular weight is 309 g/mol. The maximum Gasteiger partial charge on any atom is 0.305 e. The van der Waals surface area contributed by atoms with E-state index in [9.17, 15) is 27.2 Å². The van der Waals surface area contributed by atoms with Crippen LogP contribution in [0.2, 0.25) is 0 Å². The lowest BCUT2D eigenvalue weighted by atomic mass is 10.1. The van der Waals surface area contributed by atoms with Crippen LogP contribution in [0.25, 0.3) is 0 Å². The number of ketones is 1. The summed E-state index contributed by atoms with van der Waals surface area (Å²) >= 11 is 0. The molecule has 1 unspecified atom stereocenters. The molecule has 116 valence electrons. The number of halogens is 4. The van der Waals surface area contributed by atoms with Gasteiger partial charge in [-0.25, -0.2) is 8.78 Å². The number of aliphatic carboxylic acids is 1. The monoisotopic (exact) mass is 309 g/mol. The molecule has 0 fully saturated rings. The lowest BCUT2D eigenvalue weighted by Crippen LogP contribution is -2.39. The predicted molar refractivity (Wildman–Crippen MR) is 61.9 cm³/mol. The molecule has 5 nitrogen and oxygen atoms in total. The highest BCUT2D eigenvalue weighted by Gasteiger charge is 2.24. The fourth-order valence-electron chi connectivity index (χ4n) is 1.47. The molecule has 0 saturated carbocycles. The first kappa shape index (κ1) is 16.9. The number of carbonyl (C=O) groups is 2. The summed E-state index contributed by atoms with van der Waals surface area (Å²) < 4.78 is 56.8. The number of hydrogen-bond donors (Lipinski definition) is 2. The number of rotatable bonds is 7. The summed E-state index contributed by atoms with van der Waals surface area (Å²) in [4.78, 5) is 22.1. The van der Waals surface area contributed by atoms with Gasteiger partial charge in [-0.15, -0.1) is 0 Å². The molecule has 9 heteroatoms. The van der Waals surface area contributed by atoms with Gasteiger partial charge in [-0.2, -0.15) is 8.78 Å². The molecule has 1 aromatic carbocycles. The van der Waals surface area contributed by atoms with Crippen molar-refractivity contribution in [1.82, 2.24) is 5.32 Å². The maximum atomic E-state index is 13.3. The van der Waals surface area contributed by atoms with Crippen LogP contribution in [0.5, 0.6) is 5.75 Å². The van der Waals surface area contributed by atoms with Crippen LogP contribution in [-0.4, -0.2) is 36.6 Å². The van der Waals surface area contributed by atoms with Gasteiger partial charge in [0, 0.05) is 6.07 Å². The van der Waals surface area contributed by atoms with Gasteiger partial charge < -0.3 is 15.2 Å². The lowest BCUT2D eigenvalue weighted by Gasteiger charge is -2.14. The Morgan fingerprint density at radius 3 is 2.19 bits per heavy atom. The van der Waals surface area contributed by atoms with E-state index < -0.39 is 59.8 Å². The Labute approximate surface area is 116 Å². The predicted octanol–water partition coefficient (Wildman–Crippen LogP) is 1.25. The van der Waals surface area contributed by atoms with Gasteiger partial charge in [0.15, 0.2) is 23.2 Å². The summed E-state index contributed by atoms with van der Waals surface area (Å²) in [6.07, 6.45) is -0.582. The maximum absolute atomic E-state index is 13.3. The van der Waals surface area contributed by atoms with Crippen LogP contribution < -0.4 is 10.1 Å². The summed E-state index contributed by atoms with van der Waals surface area (Å²) in [5.74, 6) is -10.4. The van der Waals surface area contributed by atoms with E-state index in [-0.39, 0.29) is 6.07 Å². The Bertz CT molecular complexity index is 538. The molecule has 0 saturated heterocycles. The van der Waals surface area contributed by atoms with Crippen LogP contribution >= 0.6 is 0 Å². The van der Waals surface area contributed by atoms with E-state index in [0.717, 1.165) is 0 Å². The Morgan fingerprint density at radius 2 is 1.76 bits per heavy atom. The third kappa shape index (κ3) is 4.15. The van der Waals surface area contributed by atoms with E-state index in [4.69, 9.17) is 5.11 Å². The second-order valence-corrected chi connectivity index (χ2v) is 3.99. The van der Waals surface area contributed by atoms with E-state index in [0.29, 0.717) is 0 Å². The van der Waals surface area contributed by atoms with Gasteiger partial charge in [0.05, 0.1) is 12.5 Å². The van der Waals surface area contributed by atoms with Crippen LogP contribution in [0.1, 0.15) is 6.42 Å². The molecule has 21 heavy (non-hydrogen) atoms. The fraction of sp³-hybridized carbons (Fsp3) is 0.333. The third-order valence-electron chi connectivity index (χ3n) is 2.55. The van der Waals surface area contributed by atoms with Gasteiger partial charge in [-0.1, -0.05) is 0 Å². The van der Waals surface area contributed by atoms with Crippen LogP contribution in [0, 0.1) is 23.3 Å². The van der Waals surface area contributed by atoms with Crippen molar-refractivity contribution in [2.24, 2.45) is 0 Å². The zero-order chi connectivity index (χ0) is 16.2. The van der Waals surface area contributed by atoms with Crippen molar-refractivity contribution in [2.75, 3.05) is 13.7 Å². The molecule has 0 spiro atoms. The molecule has 0 aliphatic rings. The highest BCUT2D eigenvalue weighted by atomic mass is 19.2. The molecule has 0 aliphatic heterocycles. The van der Waals surface area contributed by atoms with Crippen molar-refractivity contribution < 1.29 is 37.0 Å². The van der Waals surface area contributed by atoms with E-state index in [1.807, 2.05) is 0 Å². The molecule has 0 aliphatic carbocycles. The Morgan fingerprint density at radius 1 is 1.24 bits per heavy atom.